The Morgan fingerprint density at radius 2 is 1.83 bits per heavy atom. The van der Waals surface area contributed by atoms with Crippen LogP contribution in [0.4, 0.5) is 5.82 Å². The van der Waals surface area contributed by atoms with Crippen LogP contribution in [-0.4, -0.2) is 37.6 Å². The van der Waals surface area contributed by atoms with Crippen molar-refractivity contribution < 1.29 is 9.53 Å². The maximum absolute atomic E-state index is 12.2. The van der Waals surface area contributed by atoms with Crippen molar-refractivity contribution in [2.24, 2.45) is 0 Å². The molecule has 2 aromatic rings. The summed E-state index contributed by atoms with van der Waals surface area (Å²) in [5.74, 6) is 1.64. The lowest BCUT2D eigenvalue weighted by Crippen LogP contribution is -2.26. The average molecular weight is 327 g/mol. The van der Waals surface area contributed by atoms with Gasteiger partial charge in [-0.1, -0.05) is 12.1 Å². The molecule has 0 bridgehead atoms. The van der Waals surface area contributed by atoms with Crippen LogP contribution < -0.4 is 15.0 Å². The molecule has 0 aliphatic rings. The number of benzene rings is 1. The second-order valence-corrected chi connectivity index (χ2v) is 5.43. The highest BCUT2D eigenvalue weighted by Crippen LogP contribution is 2.12. The zero-order valence-corrected chi connectivity index (χ0v) is 14.6. The smallest absolute Gasteiger partial charge is 0.252 e. The van der Waals surface area contributed by atoms with Gasteiger partial charge in [0.15, 0.2) is 0 Å². The number of nitrogens with one attached hydrogen (secondary N) is 1. The Kier molecular flexibility index (Phi) is 6.61. The fourth-order valence-corrected chi connectivity index (χ4v) is 2.47. The van der Waals surface area contributed by atoms with E-state index in [2.05, 4.69) is 29.0 Å². The molecule has 5 nitrogen and oxygen atoms in total. The molecule has 0 saturated heterocycles. The average Bonchev–Trinajstić information content (AvgIpc) is 2.64. The Morgan fingerprint density at radius 1 is 1.12 bits per heavy atom. The first-order valence-electron chi connectivity index (χ1n) is 8.30. The van der Waals surface area contributed by atoms with Crippen LogP contribution >= 0.6 is 0 Å². The van der Waals surface area contributed by atoms with E-state index >= 15 is 0 Å². The van der Waals surface area contributed by atoms with Crippen molar-refractivity contribution >= 4 is 11.7 Å². The summed E-state index contributed by atoms with van der Waals surface area (Å²) >= 11 is 0. The maximum Gasteiger partial charge on any atom is 0.252 e. The molecule has 2 rings (SSSR count). The lowest BCUT2D eigenvalue weighted by Gasteiger charge is -2.19. The molecule has 1 heterocycles. The van der Waals surface area contributed by atoms with Gasteiger partial charge in [-0.15, -0.1) is 0 Å². The topological polar surface area (TPSA) is 54.5 Å². The number of carbonyl (C=O) groups is 1. The lowest BCUT2D eigenvalue weighted by molar-refractivity contribution is 0.0954. The molecular formula is C19H25N3O2. The minimum absolute atomic E-state index is 0.0953. The second-order valence-electron chi connectivity index (χ2n) is 5.43. The van der Waals surface area contributed by atoms with Gasteiger partial charge in [0.25, 0.3) is 5.91 Å². The van der Waals surface area contributed by atoms with E-state index in [-0.39, 0.29) is 5.91 Å². The van der Waals surface area contributed by atoms with E-state index in [1.54, 1.807) is 13.3 Å². The summed E-state index contributed by atoms with van der Waals surface area (Å²) in [5.41, 5.74) is 1.74. The van der Waals surface area contributed by atoms with Crippen molar-refractivity contribution in [2.75, 3.05) is 31.6 Å². The van der Waals surface area contributed by atoms with Crippen molar-refractivity contribution in [3.05, 3.63) is 53.7 Å². The van der Waals surface area contributed by atoms with Gasteiger partial charge in [-0.3, -0.25) is 4.79 Å². The van der Waals surface area contributed by atoms with Gasteiger partial charge in [0.2, 0.25) is 0 Å². The molecule has 128 valence electrons. The molecule has 1 aromatic heterocycles. The van der Waals surface area contributed by atoms with Gasteiger partial charge < -0.3 is 15.0 Å². The Labute approximate surface area is 143 Å². The molecule has 0 spiro atoms. The maximum atomic E-state index is 12.2. The van der Waals surface area contributed by atoms with Gasteiger partial charge in [0, 0.05) is 25.8 Å². The van der Waals surface area contributed by atoms with Gasteiger partial charge in [0.1, 0.15) is 11.6 Å². The van der Waals surface area contributed by atoms with Crippen LogP contribution in [0, 0.1) is 0 Å². The number of amides is 1. The van der Waals surface area contributed by atoms with Crippen molar-refractivity contribution in [2.45, 2.75) is 20.3 Å². The van der Waals surface area contributed by atoms with E-state index in [0.717, 1.165) is 36.6 Å². The highest BCUT2D eigenvalue weighted by molar-refractivity contribution is 5.94. The normalized spacial score (nSPS) is 10.3. The number of hydrogen-bond acceptors (Lipinski definition) is 4. The van der Waals surface area contributed by atoms with Crippen LogP contribution in [0.5, 0.6) is 5.75 Å². The highest BCUT2D eigenvalue weighted by atomic mass is 16.5. The zero-order chi connectivity index (χ0) is 17.4. The Bertz CT molecular complexity index is 635. The van der Waals surface area contributed by atoms with E-state index < -0.39 is 0 Å². The van der Waals surface area contributed by atoms with E-state index in [0.29, 0.717) is 12.1 Å². The predicted octanol–water partition coefficient (Wildman–Crippen LogP) is 2.91. The molecule has 24 heavy (non-hydrogen) atoms. The molecule has 5 heteroatoms. The van der Waals surface area contributed by atoms with Crippen LogP contribution in [0.15, 0.2) is 42.6 Å². The van der Waals surface area contributed by atoms with Crippen molar-refractivity contribution in [1.82, 2.24) is 10.3 Å². The third-order valence-corrected chi connectivity index (χ3v) is 3.96. The van der Waals surface area contributed by atoms with E-state index in [1.165, 1.54) is 0 Å². The van der Waals surface area contributed by atoms with Crippen LogP contribution in [0.25, 0.3) is 0 Å². The standard InChI is InChI=1S/C19H25N3O2/c1-4-22(5-2)18-11-8-16(14-21-18)19(23)20-13-12-15-6-9-17(24-3)10-7-15/h6-11,14H,4-5,12-13H2,1-3H3,(H,20,23). The van der Waals surface area contributed by atoms with Gasteiger partial charge in [-0.05, 0) is 50.1 Å². The molecule has 0 radical (unpaired) electrons. The van der Waals surface area contributed by atoms with Crippen molar-refractivity contribution in [3.8, 4) is 5.75 Å². The molecule has 0 atom stereocenters. The van der Waals surface area contributed by atoms with E-state index in [9.17, 15) is 4.79 Å². The quantitative estimate of drug-likeness (QED) is 0.810. The number of methoxy groups -OCH3 is 1. The molecule has 1 amide bonds. The number of anilines is 1. The van der Waals surface area contributed by atoms with Gasteiger partial charge >= 0.3 is 0 Å². The van der Waals surface area contributed by atoms with Crippen LogP contribution in [0.1, 0.15) is 29.8 Å². The Morgan fingerprint density at radius 3 is 2.38 bits per heavy atom. The lowest BCUT2D eigenvalue weighted by atomic mass is 10.1. The van der Waals surface area contributed by atoms with Gasteiger partial charge in [0.05, 0.1) is 12.7 Å². The minimum Gasteiger partial charge on any atom is -0.497 e. The summed E-state index contributed by atoms with van der Waals surface area (Å²) in [5, 5.41) is 2.93. The zero-order valence-electron chi connectivity index (χ0n) is 14.6. The summed E-state index contributed by atoms with van der Waals surface area (Å²) in [4.78, 5) is 18.7. The van der Waals surface area contributed by atoms with Crippen LogP contribution in [0.2, 0.25) is 0 Å². The first-order chi connectivity index (χ1) is 11.7. The SMILES string of the molecule is CCN(CC)c1ccc(C(=O)NCCc2ccc(OC)cc2)cn1. The second kappa shape index (κ2) is 8.91. The summed E-state index contributed by atoms with van der Waals surface area (Å²) < 4.78 is 5.13. The molecule has 0 unspecified atom stereocenters. The highest BCUT2D eigenvalue weighted by Gasteiger charge is 2.08. The minimum atomic E-state index is -0.0953. The van der Waals surface area contributed by atoms with Gasteiger partial charge in [-0.25, -0.2) is 4.98 Å². The number of pyridine rings is 1. The van der Waals surface area contributed by atoms with Crippen LogP contribution in [0.3, 0.4) is 0 Å². The van der Waals surface area contributed by atoms with Gasteiger partial charge in [-0.2, -0.15) is 0 Å². The summed E-state index contributed by atoms with van der Waals surface area (Å²) in [6, 6.07) is 11.6. The number of aromatic nitrogens is 1. The fraction of sp³-hybridized carbons (Fsp3) is 0.368. The number of rotatable bonds is 8. The molecule has 0 aliphatic carbocycles. The van der Waals surface area contributed by atoms with Crippen molar-refractivity contribution in [1.29, 1.82) is 0 Å². The number of carbonyl (C=O) groups excluding carboxylic acids is 1. The molecular weight excluding hydrogens is 302 g/mol. The number of nitrogens with zero attached hydrogens (tertiary/aromatic N) is 2. The fourth-order valence-electron chi connectivity index (χ4n) is 2.47. The van der Waals surface area contributed by atoms with E-state index in [1.807, 2.05) is 36.4 Å². The Balaban J connectivity index is 1.85. The number of ether oxygens (including phenoxy) is 1. The third-order valence-electron chi connectivity index (χ3n) is 3.96. The molecule has 0 saturated carbocycles. The predicted molar refractivity (Wildman–Crippen MR) is 96.8 cm³/mol. The summed E-state index contributed by atoms with van der Waals surface area (Å²) in [6.45, 7) is 6.56. The van der Waals surface area contributed by atoms with Crippen LogP contribution in [-0.2, 0) is 6.42 Å². The molecule has 0 fully saturated rings. The largest absolute Gasteiger partial charge is 0.497 e. The molecule has 0 aliphatic heterocycles. The monoisotopic (exact) mass is 327 g/mol. The summed E-state index contributed by atoms with van der Waals surface area (Å²) in [6.07, 6.45) is 2.41. The molecule has 1 N–H and O–H groups in total. The number of hydrogen-bond donors (Lipinski definition) is 1. The summed E-state index contributed by atoms with van der Waals surface area (Å²) in [7, 11) is 1.65. The van der Waals surface area contributed by atoms with E-state index in [4.69, 9.17) is 4.74 Å². The first kappa shape index (κ1) is 17.8. The molecule has 1 aromatic carbocycles. The third kappa shape index (κ3) is 4.72. The first-order valence-corrected chi connectivity index (χ1v) is 8.30. The Hall–Kier alpha value is -2.56. The van der Waals surface area contributed by atoms with Crippen molar-refractivity contribution in [3.63, 3.8) is 0 Å².